The van der Waals surface area contributed by atoms with E-state index < -0.39 is 22.5 Å². The summed E-state index contributed by atoms with van der Waals surface area (Å²) < 4.78 is 36.5. The molecule has 1 N–H and O–H groups in total. The number of sulfonamides is 1. The first kappa shape index (κ1) is 21.7. The van der Waals surface area contributed by atoms with Crippen molar-refractivity contribution in [1.29, 1.82) is 0 Å². The second kappa shape index (κ2) is 9.56. The summed E-state index contributed by atoms with van der Waals surface area (Å²) in [6, 6.07) is 11.9. The van der Waals surface area contributed by atoms with E-state index >= 15 is 0 Å². The summed E-state index contributed by atoms with van der Waals surface area (Å²) in [6.45, 7) is -0.443. The fourth-order valence-corrected chi connectivity index (χ4v) is 3.53. The smallest absolute Gasteiger partial charge is 0.260 e. The number of hydrazone groups is 1. The lowest BCUT2D eigenvalue weighted by molar-refractivity contribution is -0.119. The molecule has 0 aliphatic heterocycles. The molecule has 0 aliphatic rings. The van der Waals surface area contributed by atoms with E-state index in [4.69, 9.17) is 9.47 Å². The van der Waals surface area contributed by atoms with Gasteiger partial charge in [0.2, 0.25) is 10.0 Å². The van der Waals surface area contributed by atoms with E-state index in [2.05, 4.69) is 26.5 Å². The van der Waals surface area contributed by atoms with Gasteiger partial charge in [-0.3, -0.25) is 9.10 Å². The fourth-order valence-electron chi connectivity index (χ4n) is 2.30. The molecule has 0 spiro atoms. The van der Waals surface area contributed by atoms with Crippen molar-refractivity contribution >= 4 is 43.8 Å². The summed E-state index contributed by atoms with van der Waals surface area (Å²) in [5.41, 5.74) is 3.36. The number of hydrogen-bond acceptors (Lipinski definition) is 6. The molecule has 0 unspecified atom stereocenters. The van der Waals surface area contributed by atoms with Gasteiger partial charge in [0.15, 0.2) is 11.5 Å². The lowest BCUT2D eigenvalue weighted by Gasteiger charge is -2.22. The minimum atomic E-state index is -3.72. The van der Waals surface area contributed by atoms with Gasteiger partial charge in [0, 0.05) is 16.1 Å². The number of halogens is 1. The van der Waals surface area contributed by atoms with Gasteiger partial charge in [-0.05, 0) is 18.2 Å². The zero-order chi connectivity index (χ0) is 20.7. The quantitative estimate of drug-likeness (QED) is 0.472. The topological polar surface area (TPSA) is 97.3 Å². The molecule has 0 radical (unpaired) electrons. The van der Waals surface area contributed by atoms with Crippen LogP contribution in [0.25, 0.3) is 0 Å². The number of nitrogens with one attached hydrogen (secondary N) is 1. The molecule has 2 rings (SSSR count). The van der Waals surface area contributed by atoms with E-state index in [1.165, 1.54) is 32.6 Å². The van der Waals surface area contributed by atoms with Crippen LogP contribution in [0.3, 0.4) is 0 Å². The molecular formula is C18H20BrN3O5S. The van der Waals surface area contributed by atoms with Gasteiger partial charge < -0.3 is 9.47 Å². The normalized spacial score (nSPS) is 11.3. The molecule has 0 aliphatic carbocycles. The van der Waals surface area contributed by atoms with Crippen LogP contribution in [0.15, 0.2) is 52.0 Å². The van der Waals surface area contributed by atoms with Gasteiger partial charge in [-0.25, -0.2) is 13.8 Å². The Labute approximate surface area is 172 Å². The van der Waals surface area contributed by atoms with Crippen LogP contribution in [0.1, 0.15) is 5.56 Å². The number of ether oxygens (including phenoxy) is 2. The van der Waals surface area contributed by atoms with Gasteiger partial charge in [-0.15, -0.1) is 0 Å². The standard InChI is InChI=1S/C18H20BrN3O5S/c1-26-16-9-8-14(10-17(16)27-2)22(28(3,24)25)12-18(23)21-20-11-13-6-4-5-7-15(13)19/h4-11H,12H2,1-3H3,(H,21,23)/b20-11-. The summed E-state index contributed by atoms with van der Waals surface area (Å²) in [5, 5.41) is 3.87. The van der Waals surface area contributed by atoms with Crippen molar-refractivity contribution in [2.24, 2.45) is 5.10 Å². The molecule has 2 aromatic carbocycles. The second-order valence-electron chi connectivity index (χ2n) is 5.62. The maximum atomic E-state index is 12.2. The van der Waals surface area contributed by atoms with Crippen molar-refractivity contribution in [2.75, 3.05) is 31.3 Å². The third kappa shape index (κ3) is 5.70. The fraction of sp³-hybridized carbons (Fsp3) is 0.222. The molecule has 1 amide bonds. The molecule has 2 aromatic rings. The highest BCUT2D eigenvalue weighted by atomic mass is 79.9. The molecule has 150 valence electrons. The Bertz CT molecular complexity index is 979. The van der Waals surface area contributed by atoms with E-state index in [1.807, 2.05) is 24.3 Å². The average Bonchev–Trinajstić information content (AvgIpc) is 2.66. The lowest BCUT2D eigenvalue weighted by Crippen LogP contribution is -2.39. The minimum Gasteiger partial charge on any atom is -0.493 e. The van der Waals surface area contributed by atoms with Crippen LogP contribution < -0.4 is 19.2 Å². The second-order valence-corrected chi connectivity index (χ2v) is 8.38. The number of anilines is 1. The Hall–Kier alpha value is -2.59. The van der Waals surface area contributed by atoms with Crippen LogP contribution in [0.5, 0.6) is 11.5 Å². The van der Waals surface area contributed by atoms with E-state index in [1.54, 1.807) is 6.07 Å². The summed E-state index contributed by atoms with van der Waals surface area (Å²) >= 11 is 3.37. The number of nitrogens with zero attached hydrogens (tertiary/aromatic N) is 2. The van der Waals surface area contributed by atoms with Crippen molar-refractivity contribution in [1.82, 2.24) is 5.43 Å². The molecule has 0 aromatic heterocycles. The Kier molecular flexibility index (Phi) is 7.41. The van der Waals surface area contributed by atoms with E-state index in [0.717, 1.165) is 20.6 Å². The van der Waals surface area contributed by atoms with Crippen molar-refractivity contribution < 1.29 is 22.7 Å². The molecule has 10 heteroatoms. The average molecular weight is 470 g/mol. The maximum absolute atomic E-state index is 12.2. The Balaban J connectivity index is 2.17. The molecule has 8 nitrogen and oxygen atoms in total. The number of amides is 1. The number of methoxy groups -OCH3 is 2. The molecular weight excluding hydrogens is 450 g/mol. The van der Waals surface area contributed by atoms with E-state index in [0.29, 0.717) is 11.5 Å². The van der Waals surface area contributed by atoms with Crippen LogP contribution in [-0.4, -0.2) is 47.6 Å². The van der Waals surface area contributed by atoms with Crippen molar-refractivity contribution in [3.8, 4) is 11.5 Å². The SMILES string of the molecule is COc1ccc(N(CC(=O)N/N=C\c2ccccc2Br)S(C)(=O)=O)cc1OC. The molecule has 0 saturated heterocycles. The van der Waals surface area contributed by atoms with Gasteiger partial charge in [0.1, 0.15) is 6.54 Å². The van der Waals surface area contributed by atoms with Gasteiger partial charge >= 0.3 is 0 Å². The van der Waals surface area contributed by atoms with Gasteiger partial charge in [0.05, 0.1) is 32.4 Å². The highest BCUT2D eigenvalue weighted by molar-refractivity contribution is 9.10. The summed E-state index contributed by atoms with van der Waals surface area (Å²) in [6.07, 6.45) is 2.48. The molecule has 0 heterocycles. The molecule has 0 bridgehead atoms. The lowest BCUT2D eigenvalue weighted by atomic mass is 10.2. The number of benzene rings is 2. The predicted molar refractivity (Wildman–Crippen MR) is 112 cm³/mol. The van der Waals surface area contributed by atoms with E-state index in [9.17, 15) is 13.2 Å². The van der Waals surface area contributed by atoms with Crippen LogP contribution >= 0.6 is 15.9 Å². The minimum absolute atomic E-state index is 0.269. The summed E-state index contributed by atoms with van der Waals surface area (Å²) in [7, 11) is -0.810. The predicted octanol–water partition coefficient (Wildman–Crippen LogP) is 2.38. The number of rotatable bonds is 8. The van der Waals surface area contributed by atoms with Crippen LogP contribution in [0, 0.1) is 0 Å². The molecule has 0 fully saturated rings. The van der Waals surface area contributed by atoms with Gasteiger partial charge in [-0.2, -0.15) is 5.10 Å². The third-order valence-corrected chi connectivity index (χ3v) is 5.50. The monoisotopic (exact) mass is 469 g/mol. The number of carbonyl (C=O) groups is 1. The Morgan fingerprint density at radius 3 is 2.46 bits per heavy atom. The number of hydrogen-bond donors (Lipinski definition) is 1. The summed E-state index contributed by atoms with van der Waals surface area (Å²) in [5.74, 6) is 0.201. The first-order chi connectivity index (χ1) is 13.3. The Morgan fingerprint density at radius 1 is 1.18 bits per heavy atom. The van der Waals surface area contributed by atoms with Crippen molar-refractivity contribution in [2.45, 2.75) is 0 Å². The third-order valence-electron chi connectivity index (χ3n) is 3.64. The van der Waals surface area contributed by atoms with E-state index in [-0.39, 0.29) is 5.69 Å². The molecule has 0 atom stereocenters. The van der Waals surface area contributed by atoms with Crippen LogP contribution in [0.4, 0.5) is 5.69 Å². The van der Waals surface area contributed by atoms with Crippen LogP contribution in [-0.2, 0) is 14.8 Å². The summed E-state index contributed by atoms with van der Waals surface area (Å²) in [4.78, 5) is 12.2. The molecule has 28 heavy (non-hydrogen) atoms. The van der Waals surface area contributed by atoms with Crippen LogP contribution in [0.2, 0.25) is 0 Å². The van der Waals surface area contributed by atoms with Crippen molar-refractivity contribution in [3.05, 3.63) is 52.5 Å². The first-order valence-corrected chi connectivity index (χ1v) is 10.7. The zero-order valence-corrected chi connectivity index (χ0v) is 18.0. The number of carbonyl (C=O) groups excluding carboxylic acids is 1. The Morgan fingerprint density at radius 2 is 1.86 bits per heavy atom. The van der Waals surface area contributed by atoms with Crippen molar-refractivity contribution in [3.63, 3.8) is 0 Å². The van der Waals surface area contributed by atoms with Gasteiger partial charge in [-0.1, -0.05) is 34.1 Å². The highest BCUT2D eigenvalue weighted by Crippen LogP contribution is 2.32. The first-order valence-electron chi connectivity index (χ1n) is 8.02. The molecule has 0 saturated carbocycles. The largest absolute Gasteiger partial charge is 0.493 e. The van der Waals surface area contributed by atoms with Gasteiger partial charge in [0.25, 0.3) is 5.91 Å². The highest BCUT2D eigenvalue weighted by Gasteiger charge is 2.22. The maximum Gasteiger partial charge on any atom is 0.260 e. The zero-order valence-electron chi connectivity index (χ0n) is 15.5.